The maximum Gasteiger partial charge on any atom is 0.410 e. The number of carbonyl (C=O) groups is 3. The molecular weight excluding hydrogens is 718 g/mol. The molecule has 1 aromatic carbocycles. The number of ketones is 1. The van der Waals surface area contributed by atoms with E-state index in [-0.39, 0.29) is 37.5 Å². The smallest absolute Gasteiger partial charge is 0.410 e. The summed E-state index contributed by atoms with van der Waals surface area (Å²) in [5.74, 6) is -1.76. The minimum absolute atomic E-state index is 0.0995. The van der Waals surface area contributed by atoms with E-state index in [1.807, 2.05) is 90.9 Å². The molecule has 12 atom stereocenters. The van der Waals surface area contributed by atoms with Gasteiger partial charge in [0, 0.05) is 54.6 Å². The number of benzene rings is 1. The van der Waals surface area contributed by atoms with Crippen molar-refractivity contribution in [3.8, 4) is 5.75 Å². The van der Waals surface area contributed by atoms with Gasteiger partial charge in [-0.1, -0.05) is 52.0 Å². The first-order chi connectivity index (χ1) is 26.4. The fraction of sp³-hybridized carbons (Fsp3) is 0.674. The van der Waals surface area contributed by atoms with Crippen molar-refractivity contribution in [1.29, 1.82) is 0 Å². The van der Waals surface area contributed by atoms with Crippen molar-refractivity contribution in [2.24, 2.45) is 17.8 Å². The van der Waals surface area contributed by atoms with Crippen molar-refractivity contribution in [2.45, 2.75) is 135 Å². The molecule has 2 saturated heterocycles. The van der Waals surface area contributed by atoms with Crippen molar-refractivity contribution in [3.63, 3.8) is 0 Å². The van der Waals surface area contributed by atoms with Gasteiger partial charge in [-0.25, -0.2) is 9.59 Å². The highest BCUT2D eigenvalue weighted by Crippen LogP contribution is 2.43. The number of esters is 1. The summed E-state index contributed by atoms with van der Waals surface area (Å²) in [6, 6.07) is 8.62. The number of fused-ring (bicyclic) bond motifs is 2. The van der Waals surface area contributed by atoms with Crippen LogP contribution in [0.25, 0.3) is 10.9 Å². The highest BCUT2D eigenvalue weighted by molar-refractivity contribution is 5.88. The van der Waals surface area contributed by atoms with Crippen molar-refractivity contribution >= 4 is 28.7 Å². The largest absolute Gasteiger partial charge is 0.491 e. The van der Waals surface area contributed by atoms with Gasteiger partial charge in [-0.3, -0.25) is 9.78 Å². The van der Waals surface area contributed by atoms with Gasteiger partial charge in [-0.05, 0) is 79.6 Å². The molecule has 0 spiro atoms. The molecular formula is C43H63N3O10. The van der Waals surface area contributed by atoms with E-state index in [4.69, 9.17) is 28.4 Å². The lowest BCUT2D eigenvalue weighted by molar-refractivity contribution is -0.294. The molecule has 0 saturated carbocycles. The summed E-state index contributed by atoms with van der Waals surface area (Å²) in [7, 11) is 5.40. The summed E-state index contributed by atoms with van der Waals surface area (Å²) in [5, 5.41) is 12.4. The van der Waals surface area contributed by atoms with Crippen LogP contribution in [0.2, 0.25) is 0 Å². The van der Waals surface area contributed by atoms with Crippen LogP contribution in [0.15, 0.2) is 48.2 Å². The zero-order valence-electron chi connectivity index (χ0n) is 35.0. The quantitative estimate of drug-likeness (QED) is 0.225. The Labute approximate surface area is 332 Å². The second-order valence-electron chi connectivity index (χ2n) is 16.7. The van der Waals surface area contributed by atoms with Crippen LogP contribution in [0, 0.1) is 17.8 Å². The number of cyclic esters (lactones) is 1. The maximum atomic E-state index is 14.7. The number of para-hydroxylation sites is 1. The van der Waals surface area contributed by atoms with Crippen LogP contribution in [-0.4, -0.2) is 126 Å². The number of hydrogen-bond acceptors (Lipinski definition) is 12. The van der Waals surface area contributed by atoms with Gasteiger partial charge in [0.25, 0.3) is 0 Å². The van der Waals surface area contributed by atoms with Gasteiger partial charge in [-0.2, -0.15) is 0 Å². The van der Waals surface area contributed by atoms with Crippen LogP contribution in [0.1, 0.15) is 81.1 Å². The van der Waals surface area contributed by atoms with Crippen LogP contribution >= 0.6 is 0 Å². The molecule has 1 amide bonds. The Bertz CT molecular complexity index is 1730. The zero-order chi connectivity index (χ0) is 41.1. The Kier molecular flexibility index (Phi) is 13.9. The number of nitrogens with zero attached hydrogens (tertiary/aromatic N) is 3. The predicted octanol–water partition coefficient (Wildman–Crippen LogP) is 5.95. The highest BCUT2D eigenvalue weighted by atomic mass is 16.7. The summed E-state index contributed by atoms with van der Waals surface area (Å²) in [5.41, 5.74) is -1.33. The average Bonchev–Trinajstić information content (AvgIpc) is 3.42. The number of carbonyl (C=O) groups excluding carboxylic acids is 3. The first kappa shape index (κ1) is 43.5. The average molecular weight is 782 g/mol. The van der Waals surface area contributed by atoms with E-state index in [0.717, 1.165) is 10.9 Å². The number of amides is 1. The lowest BCUT2D eigenvalue weighted by atomic mass is 9.74. The molecule has 56 heavy (non-hydrogen) atoms. The third-order valence-corrected chi connectivity index (χ3v) is 12.2. The third-order valence-electron chi connectivity index (χ3n) is 12.2. The number of likely N-dealkylation sites (N-methyl/N-ethyl adjacent to an activating group) is 1. The minimum atomic E-state index is -1.34. The molecule has 0 radical (unpaired) electrons. The number of aliphatic hydroxyl groups excluding tert-OH is 1. The summed E-state index contributed by atoms with van der Waals surface area (Å²) >= 11 is 0. The second-order valence-corrected chi connectivity index (χ2v) is 16.7. The molecule has 3 aliphatic rings. The summed E-state index contributed by atoms with van der Waals surface area (Å²) in [4.78, 5) is 50.4. The maximum absolute atomic E-state index is 14.7. The fourth-order valence-electron chi connectivity index (χ4n) is 9.22. The van der Waals surface area contributed by atoms with E-state index in [1.165, 1.54) is 0 Å². The van der Waals surface area contributed by atoms with Gasteiger partial charge in [0.05, 0.1) is 30.5 Å². The molecule has 13 heteroatoms. The SMILES string of the molecule is CC[C@H]1OC(=O)/C(C)=C/[C@H](C)[C@@H](O[C@@H]2O[C@H](C)C[C@H](N(C)C)[C@H]2O)[C@@](C)(OC)C[C@@H](C)C(=O)[C@H](C)[C@H]2N(CCCOc3cccc4cccnc34)C(=O)O[C@]12C. The van der Waals surface area contributed by atoms with Crippen molar-refractivity contribution < 1.29 is 47.9 Å². The molecule has 13 nitrogen and oxygen atoms in total. The molecule has 0 unspecified atom stereocenters. The van der Waals surface area contributed by atoms with E-state index in [2.05, 4.69) is 4.98 Å². The minimum Gasteiger partial charge on any atom is -0.491 e. The fourth-order valence-corrected chi connectivity index (χ4v) is 9.22. The van der Waals surface area contributed by atoms with E-state index < -0.39 is 71.7 Å². The van der Waals surface area contributed by atoms with Crippen LogP contribution in [0.5, 0.6) is 5.75 Å². The van der Waals surface area contributed by atoms with Crippen molar-refractivity contribution in [3.05, 3.63) is 48.2 Å². The van der Waals surface area contributed by atoms with E-state index in [1.54, 1.807) is 38.1 Å². The van der Waals surface area contributed by atoms with Crippen LogP contribution in [0.3, 0.4) is 0 Å². The van der Waals surface area contributed by atoms with Crippen molar-refractivity contribution in [1.82, 2.24) is 14.8 Å². The first-order valence-electron chi connectivity index (χ1n) is 20.1. The summed E-state index contributed by atoms with van der Waals surface area (Å²) in [6.07, 6.45) is 0.827. The van der Waals surface area contributed by atoms with E-state index in [0.29, 0.717) is 30.6 Å². The number of hydrogen-bond donors (Lipinski definition) is 1. The van der Waals surface area contributed by atoms with Crippen molar-refractivity contribution in [2.75, 3.05) is 34.4 Å². The number of aromatic nitrogens is 1. The molecule has 0 aliphatic carbocycles. The van der Waals surface area contributed by atoms with Gasteiger partial charge in [0.15, 0.2) is 11.9 Å². The Hall–Kier alpha value is -3.62. The topological polar surface area (TPSA) is 146 Å². The molecule has 5 rings (SSSR count). The first-order valence-corrected chi connectivity index (χ1v) is 20.1. The number of methoxy groups -OCH3 is 1. The Balaban J connectivity index is 1.46. The highest BCUT2D eigenvalue weighted by Gasteiger charge is 2.60. The van der Waals surface area contributed by atoms with Crippen LogP contribution < -0.4 is 4.74 Å². The number of Topliss-reactive ketones (excluding diaryl/α,β-unsaturated/α-hetero) is 1. The summed E-state index contributed by atoms with van der Waals surface area (Å²) in [6.45, 7) is 15.3. The Morgan fingerprint density at radius 3 is 2.46 bits per heavy atom. The molecule has 2 aromatic rings. The molecule has 1 aromatic heterocycles. The number of pyridine rings is 1. The van der Waals surface area contributed by atoms with Crippen LogP contribution in [0.4, 0.5) is 4.79 Å². The third kappa shape index (κ3) is 8.92. The molecule has 310 valence electrons. The normalized spacial score (nSPS) is 37.1. The van der Waals surface area contributed by atoms with Gasteiger partial charge < -0.3 is 43.3 Å². The van der Waals surface area contributed by atoms with Gasteiger partial charge >= 0.3 is 12.1 Å². The van der Waals surface area contributed by atoms with E-state index in [9.17, 15) is 19.5 Å². The molecule has 3 aliphatic heterocycles. The number of ether oxygens (including phenoxy) is 6. The second kappa shape index (κ2) is 17.9. The monoisotopic (exact) mass is 781 g/mol. The Morgan fingerprint density at radius 1 is 1.07 bits per heavy atom. The predicted molar refractivity (Wildman–Crippen MR) is 211 cm³/mol. The number of aliphatic hydroxyl groups is 1. The molecule has 1 N–H and O–H groups in total. The van der Waals surface area contributed by atoms with Gasteiger partial charge in [-0.15, -0.1) is 0 Å². The van der Waals surface area contributed by atoms with Gasteiger partial charge in [0.1, 0.15) is 29.3 Å². The van der Waals surface area contributed by atoms with E-state index >= 15 is 0 Å². The Morgan fingerprint density at radius 2 is 1.79 bits per heavy atom. The van der Waals surface area contributed by atoms with Crippen LogP contribution in [-0.2, 0) is 33.3 Å². The molecule has 4 heterocycles. The zero-order valence-corrected chi connectivity index (χ0v) is 35.0. The lowest BCUT2D eigenvalue weighted by Gasteiger charge is -2.47. The lowest BCUT2D eigenvalue weighted by Crippen LogP contribution is -2.59. The standard InChI is InChI=1S/C43H63N3O10/c1-12-33-43(8)37(46(41(50)56-43)20-15-21-52-32-18-13-16-30-17-14-19-44-34(30)32)29(6)35(47)27(4)24-42(7,51-11)38(25(2)22-26(3)39(49)54-33)55-40-36(48)31(45(9)10)23-28(5)53-40/h13-14,16-19,22,25,27-29,31,33,36-38,40,48H,12,15,20-21,23-24H2,1-11H3/b26-22+/t25-,27+,28+,29-,31-,33+,36+,37+,38+,40-,42-,43+/m0/s1. The molecule has 0 bridgehead atoms. The molecule has 2 fully saturated rings. The summed E-state index contributed by atoms with van der Waals surface area (Å²) < 4.78 is 37.7. The van der Waals surface area contributed by atoms with Gasteiger partial charge in [0.2, 0.25) is 0 Å². The number of rotatable bonds is 10.